The molecule has 2 heterocycles. The Morgan fingerprint density at radius 2 is 2.08 bits per heavy atom. The highest BCUT2D eigenvalue weighted by Crippen LogP contribution is 2.25. The van der Waals surface area contributed by atoms with Gasteiger partial charge >= 0.3 is 0 Å². The lowest BCUT2D eigenvalue weighted by atomic mass is 10.2. The van der Waals surface area contributed by atoms with Crippen molar-refractivity contribution in [3.8, 4) is 17.0 Å². The van der Waals surface area contributed by atoms with Gasteiger partial charge in [-0.15, -0.1) is 11.3 Å². The maximum atomic E-state index is 12.6. The van der Waals surface area contributed by atoms with Crippen molar-refractivity contribution in [1.82, 2.24) is 14.3 Å². The molecule has 0 saturated carbocycles. The lowest BCUT2D eigenvalue weighted by Gasteiger charge is -2.15. The highest BCUT2D eigenvalue weighted by molar-refractivity contribution is 7.15. The predicted molar refractivity (Wildman–Crippen MR) is 96.9 cm³/mol. The predicted octanol–water partition coefficient (Wildman–Crippen LogP) is 3.94. The minimum Gasteiger partial charge on any atom is -0.497 e. The Kier molecular flexibility index (Phi) is 4.85. The number of methoxy groups -OCH3 is 1. The van der Waals surface area contributed by atoms with Crippen LogP contribution in [-0.2, 0) is 0 Å². The molecule has 0 aliphatic heterocycles. The van der Waals surface area contributed by atoms with Crippen LogP contribution in [0.5, 0.6) is 5.75 Å². The largest absolute Gasteiger partial charge is 0.497 e. The van der Waals surface area contributed by atoms with Crippen LogP contribution in [-0.4, -0.2) is 40.9 Å². The van der Waals surface area contributed by atoms with E-state index < -0.39 is 0 Å². The number of thiazole rings is 1. The monoisotopic (exact) mass is 343 g/mol. The molecule has 3 aromatic rings. The molecule has 1 aromatic carbocycles. The molecule has 0 spiro atoms. The number of rotatable bonds is 6. The Bertz CT molecular complexity index is 836. The number of fused-ring (bicyclic) bond motifs is 1. The molecule has 0 aliphatic rings. The van der Waals surface area contributed by atoms with Crippen molar-refractivity contribution in [2.45, 2.75) is 19.8 Å². The molecule has 0 bridgehead atoms. The smallest absolute Gasteiger partial charge is 0.271 e. The molecule has 0 radical (unpaired) electrons. The topological polar surface area (TPSA) is 46.8 Å². The fourth-order valence-electron chi connectivity index (χ4n) is 2.53. The summed E-state index contributed by atoms with van der Waals surface area (Å²) in [5, 5.41) is 1.88. The summed E-state index contributed by atoms with van der Waals surface area (Å²) in [6.45, 7) is 2.89. The van der Waals surface area contributed by atoms with Gasteiger partial charge in [0.25, 0.3) is 5.91 Å². The van der Waals surface area contributed by atoms with Crippen molar-refractivity contribution in [2.75, 3.05) is 20.7 Å². The third-order valence-corrected chi connectivity index (χ3v) is 4.85. The van der Waals surface area contributed by atoms with Crippen molar-refractivity contribution in [3.63, 3.8) is 0 Å². The quantitative estimate of drug-likeness (QED) is 0.681. The third-order valence-electron chi connectivity index (χ3n) is 4.01. The number of nitrogens with zero attached hydrogens (tertiary/aromatic N) is 3. The van der Waals surface area contributed by atoms with Gasteiger partial charge in [0.15, 0.2) is 4.96 Å². The standard InChI is InChI=1S/C18H21N3O2S/c1-4-5-10-20(2)17(22)16-12-24-18-19-15(11-21(16)18)13-6-8-14(23-3)9-7-13/h6-9,11-12H,4-5,10H2,1-3H3. The van der Waals surface area contributed by atoms with Crippen molar-refractivity contribution in [1.29, 1.82) is 0 Å². The Labute approximate surface area is 145 Å². The Balaban J connectivity index is 1.89. The van der Waals surface area contributed by atoms with Gasteiger partial charge in [0.2, 0.25) is 0 Å². The van der Waals surface area contributed by atoms with E-state index in [2.05, 4.69) is 11.9 Å². The Morgan fingerprint density at radius 3 is 2.75 bits per heavy atom. The summed E-state index contributed by atoms with van der Waals surface area (Å²) in [6.07, 6.45) is 4.01. The van der Waals surface area contributed by atoms with Crippen molar-refractivity contribution in [2.24, 2.45) is 0 Å². The minimum atomic E-state index is 0.0355. The van der Waals surface area contributed by atoms with E-state index in [0.717, 1.165) is 41.4 Å². The molecule has 0 saturated heterocycles. The first-order valence-corrected chi connectivity index (χ1v) is 8.88. The maximum Gasteiger partial charge on any atom is 0.271 e. The SMILES string of the molecule is CCCCN(C)C(=O)c1csc2nc(-c3ccc(OC)cc3)cn12. The van der Waals surface area contributed by atoms with Crippen LogP contribution in [0.1, 0.15) is 30.3 Å². The molecule has 0 N–H and O–H groups in total. The van der Waals surface area contributed by atoms with Gasteiger partial charge < -0.3 is 9.64 Å². The number of carbonyl (C=O) groups excluding carboxylic acids is 1. The van der Waals surface area contributed by atoms with E-state index in [9.17, 15) is 4.79 Å². The van der Waals surface area contributed by atoms with Crippen LogP contribution in [0.4, 0.5) is 0 Å². The van der Waals surface area contributed by atoms with Crippen LogP contribution in [0.3, 0.4) is 0 Å². The van der Waals surface area contributed by atoms with E-state index in [4.69, 9.17) is 4.74 Å². The van der Waals surface area contributed by atoms with Gasteiger partial charge in [-0.2, -0.15) is 0 Å². The van der Waals surface area contributed by atoms with Crippen molar-refractivity contribution in [3.05, 3.63) is 41.5 Å². The number of ether oxygens (including phenoxy) is 1. The molecule has 126 valence electrons. The molecule has 24 heavy (non-hydrogen) atoms. The third kappa shape index (κ3) is 3.14. The van der Waals surface area contributed by atoms with Crippen molar-refractivity contribution < 1.29 is 9.53 Å². The van der Waals surface area contributed by atoms with Crippen LogP contribution < -0.4 is 4.74 Å². The molecule has 0 aliphatic carbocycles. The summed E-state index contributed by atoms with van der Waals surface area (Å²) < 4.78 is 7.07. The minimum absolute atomic E-state index is 0.0355. The van der Waals surface area contributed by atoms with Gasteiger partial charge in [-0.1, -0.05) is 13.3 Å². The molecule has 2 aromatic heterocycles. The van der Waals surface area contributed by atoms with Gasteiger partial charge in [0.05, 0.1) is 12.8 Å². The second kappa shape index (κ2) is 7.05. The second-order valence-electron chi connectivity index (χ2n) is 5.71. The zero-order valence-corrected chi connectivity index (χ0v) is 15.0. The van der Waals surface area contributed by atoms with E-state index in [-0.39, 0.29) is 5.91 Å². The molecular formula is C18H21N3O2S. The number of carbonyl (C=O) groups is 1. The molecule has 0 fully saturated rings. The van der Waals surface area contributed by atoms with Crippen LogP contribution in [0.25, 0.3) is 16.2 Å². The fraction of sp³-hybridized carbons (Fsp3) is 0.333. The molecule has 3 rings (SSSR count). The number of amides is 1. The van der Waals surface area contributed by atoms with E-state index in [1.54, 1.807) is 12.0 Å². The lowest BCUT2D eigenvalue weighted by molar-refractivity contribution is 0.0787. The average Bonchev–Trinajstić information content (AvgIpc) is 3.19. The summed E-state index contributed by atoms with van der Waals surface area (Å²) in [5.41, 5.74) is 2.53. The molecule has 0 atom stereocenters. The number of benzene rings is 1. The first-order valence-electron chi connectivity index (χ1n) is 8.00. The second-order valence-corrected chi connectivity index (χ2v) is 6.54. The summed E-state index contributed by atoms with van der Waals surface area (Å²) in [7, 11) is 3.50. The fourth-order valence-corrected chi connectivity index (χ4v) is 3.38. The summed E-state index contributed by atoms with van der Waals surface area (Å²) in [5.74, 6) is 0.849. The van der Waals surface area contributed by atoms with Crippen molar-refractivity contribution >= 4 is 22.2 Å². The average molecular weight is 343 g/mol. The summed E-state index contributed by atoms with van der Waals surface area (Å²) >= 11 is 1.49. The van der Waals surface area contributed by atoms with Gasteiger partial charge in [-0.3, -0.25) is 9.20 Å². The number of hydrogen-bond donors (Lipinski definition) is 0. The summed E-state index contributed by atoms with van der Waals surface area (Å²) in [4.78, 5) is 19.9. The highest BCUT2D eigenvalue weighted by atomic mass is 32.1. The number of imidazole rings is 1. The van der Waals surface area contributed by atoms with Crippen LogP contribution in [0, 0.1) is 0 Å². The van der Waals surface area contributed by atoms with Gasteiger partial charge in [-0.25, -0.2) is 4.98 Å². The Morgan fingerprint density at radius 1 is 1.33 bits per heavy atom. The molecule has 1 amide bonds. The van der Waals surface area contributed by atoms with E-state index in [1.807, 2.05) is 47.3 Å². The zero-order chi connectivity index (χ0) is 17.1. The number of aromatic nitrogens is 2. The highest BCUT2D eigenvalue weighted by Gasteiger charge is 2.18. The van der Waals surface area contributed by atoms with Gasteiger partial charge in [0.1, 0.15) is 11.4 Å². The molecular weight excluding hydrogens is 322 g/mol. The zero-order valence-electron chi connectivity index (χ0n) is 14.2. The van der Waals surface area contributed by atoms with Crippen LogP contribution in [0.2, 0.25) is 0 Å². The van der Waals surface area contributed by atoms with E-state index in [1.165, 1.54) is 11.3 Å². The normalized spacial score (nSPS) is 11.0. The van der Waals surface area contributed by atoms with Gasteiger partial charge in [0, 0.05) is 30.7 Å². The van der Waals surface area contributed by atoms with Crippen LogP contribution >= 0.6 is 11.3 Å². The maximum absolute atomic E-state index is 12.6. The first kappa shape index (κ1) is 16.5. The molecule has 0 unspecified atom stereocenters. The van der Waals surface area contributed by atoms with E-state index >= 15 is 0 Å². The first-order chi connectivity index (χ1) is 11.6. The van der Waals surface area contributed by atoms with Gasteiger partial charge in [-0.05, 0) is 30.7 Å². The van der Waals surface area contributed by atoms with E-state index in [0.29, 0.717) is 5.69 Å². The number of hydrogen-bond acceptors (Lipinski definition) is 4. The molecule has 6 heteroatoms. The number of unbranched alkanes of at least 4 members (excludes halogenated alkanes) is 1. The van der Waals surface area contributed by atoms with Crippen LogP contribution in [0.15, 0.2) is 35.8 Å². The Hall–Kier alpha value is -2.34. The lowest BCUT2D eigenvalue weighted by Crippen LogP contribution is -2.28. The molecule has 5 nitrogen and oxygen atoms in total. The summed E-state index contributed by atoms with van der Waals surface area (Å²) in [6, 6.07) is 7.76.